The lowest BCUT2D eigenvalue weighted by molar-refractivity contribution is -0.129. The molecule has 1 aromatic rings. The highest BCUT2D eigenvalue weighted by atomic mass is 19.1. The van der Waals surface area contributed by atoms with Crippen LogP contribution in [0.25, 0.3) is 0 Å². The number of unbranched alkanes of at least 4 members (excludes halogenated alkanes) is 1. The molecule has 0 saturated carbocycles. The summed E-state index contributed by atoms with van der Waals surface area (Å²) in [5.41, 5.74) is 1.08. The molecule has 0 bridgehead atoms. The van der Waals surface area contributed by atoms with Crippen LogP contribution in [0.5, 0.6) is 0 Å². The van der Waals surface area contributed by atoms with Crippen molar-refractivity contribution < 1.29 is 9.18 Å². The summed E-state index contributed by atoms with van der Waals surface area (Å²) in [5, 5.41) is 3.38. The molecular weight excluding hydrogens is 267 g/mol. The van der Waals surface area contributed by atoms with Crippen LogP contribution in [0.2, 0.25) is 0 Å². The fourth-order valence-corrected chi connectivity index (χ4v) is 2.83. The Bertz CT molecular complexity index is 447. The summed E-state index contributed by atoms with van der Waals surface area (Å²) in [7, 11) is 0. The van der Waals surface area contributed by atoms with E-state index < -0.39 is 0 Å². The minimum atomic E-state index is -0.199. The molecule has 1 aromatic carbocycles. The molecule has 116 valence electrons. The van der Waals surface area contributed by atoms with Gasteiger partial charge in [-0.2, -0.15) is 0 Å². The Morgan fingerprint density at radius 1 is 1.33 bits per heavy atom. The van der Waals surface area contributed by atoms with Crippen LogP contribution in [-0.2, 0) is 11.3 Å². The zero-order valence-corrected chi connectivity index (χ0v) is 12.8. The van der Waals surface area contributed by atoms with Crippen molar-refractivity contribution in [3.63, 3.8) is 0 Å². The van der Waals surface area contributed by atoms with Gasteiger partial charge in [-0.1, -0.05) is 25.5 Å². The van der Waals surface area contributed by atoms with E-state index in [2.05, 4.69) is 17.1 Å². The first-order valence-corrected chi connectivity index (χ1v) is 7.95. The Balaban J connectivity index is 1.70. The normalized spacial score (nSPS) is 18.5. The highest BCUT2D eigenvalue weighted by molar-refractivity contribution is 5.78. The number of carbonyl (C=O) groups excluding carboxylic acids is 1. The van der Waals surface area contributed by atoms with Gasteiger partial charge in [-0.25, -0.2) is 4.39 Å². The second-order valence-corrected chi connectivity index (χ2v) is 5.73. The Hall–Kier alpha value is -1.42. The second kappa shape index (κ2) is 8.13. The average Bonchev–Trinajstić information content (AvgIpc) is 2.84. The molecular formula is C17H25FN2O. The minimum Gasteiger partial charge on any atom is -0.340 e. The first-order chi connectivity index (χ1) is 10.2. The number of hydrogen-bond donors (Lipinski definition) is 1. The number of amides is 1. The van der Waals surface area contributed by atoms with Crippen molar-refractivity contribution in [3.05, 3.63) is 35.6 Å². The fourth-order valence-electron chi connectivity index (χ4n) is 2.83. The zero-order valence-electron chi connectivity index (χ0n) is 12.8. The maximum absolute atomic E-state index is 12.8. The van der Waals surface area contributed by atoms with E-state index in [1.807, 2.05) is 0 Å². The molecule has 21 heavy (non-hydrogen) atoms. The molecule has 1 aliphatic heterocycles. The Morgan fingerprint density at radius 3 is 2.81 bits per heavy atom. The Morgan fingerprint density at radius 2 is 2.10 bits per heavy atom. The topological polar surface area (TPSA) is 32.3 Å². The standard InChI is InChI=1S/C17H25FN2O/c1-2-3-12-20-16(8-9-17(20)21)10-11-19-13-14-4-6-15(18)7-5-14/h4-7,16,19H,2-3,8-13H2,1H3/t16-/m1/s1. The van der Waals surface area contributed by atoms with Crippen LogP contribution in [0.1, 0.15) is 44.6 Å². The third-order valence-corrected chi connectivity index (χ3v) is 4.10. The van der Waals surface area contributed by atoms with Gasteiger partial charge >= 0.3 is 0 Å². The summed E-state index contributed by atoms with van der Waals surface area (Å²) < 4.78 is 12.8. The summed E-state index contributed by atoms with van der Waals surface area (Å²) >= 11 is 0. The lowest BCUT2D eigenvalue weighted by Gasteiger charge is -2.24. The zero-order chi connectivity index (χ0) is 15.1. The van der Waals surface area contributed by atoms with E-state index >= 15 is 0 Å². The largest absolute Gasteiger partial charge is 0.340 e. The van der Waals surface area contributed by atoms with Crippen molar-refractivity contribution in [1.29, 1.82) is 0 Å². The van der Waals surface area contributed by atoms with Crippen LogP contribution in [0.15, 0.2) is 24.3 Å². The van der Waals surface area contributed by atoms with Crippen molar-refractivity contribution in [2.24, 2.45) is 0 Å². The van der Waals surface area contributed by atoms with Crippen molar-refractivity contribution in [3.8, 4) is 0 Å². The Kier molecular flexibility index (Phi) is 6.18. The monoisotopic (exact) mass is 292 g/mol. The van der Waals surface area contributed by atoms with Gasteiger partial charge in [-0.3, -0.25) is 4.79 Å². The Labute approximate surface area is 126 Å². The number of hydrogen-bond acceptors (Lipinski definition) is 2. The molecule has 1 saturated heterocycles. The molecule has 1 amide bonds. The molecule has 2 rings (SSSR count). The summed E-state index contributed by atoms with van der Waals surface area (Å²) in [4.78, 5) is 13.9. The van der Waals surface area contributed by atoms with Crippen molar-refractivity contribution in [2.45, 2.75) is 51.6 Å². The lowest BCUT2D eigenvalue weighted by Crippen LogP contribution is -2.35. The maximum atomic E-state index is 12.8. The third kappa shape index (κ3) is 4.81. The number of likely N-dealkylation sites (tertiary alicyclic amines) is 1. The van der Waals surface area contributed by atoms with E-state index in [4.69, 9.17) is 0 Å². The number of nitrogens with zero attached hydrogens (tertiary/aromatic N) is 1. The molecule has 0 aromatic heterocycles. The number of rotatable bonds is 8. The number of halogens is 1. The van der Waals surface area contributed by atoms with E-state index in [9.17, 15) is 9.18 Å². The van der Waals surface area contributed by atoms with E-state index in [1.165, 1.54) is 12.1 Å². The van der Waals surface area contributed by atoms with Gasteiger partial charge in [0.2, 0.25) is 5.91 Å². The fraction of sp³-hybridized carbons (Fsp3) is 0.588. The maximum Gasteiger partial charge on any atom is 0.222 e. The first kappa shape index (κ1) is 16.0. The van der Waals surface area contributed by atoms with E-state index in [0.717, 1.165) is 50.9 Å². The number of carbonyl (C=O) groups is 1. The number of nitrogens with one attached hydrogen (secondary N) is 1. The van der Waals surface area contributed by atoms with Crippen molar-refractivity contribution in [1.82, 2.24) is 10.2 Å². The second-order valence-electron chi connectivity index (χ2n) is 5.73. The van der Waals surface area contributed by atoms with Gasteiger partial charge in [-0.05, 0) is 43.5 Å². The van der Waals surface area contributed by atoms with Gasteiger partial charge in [0.05, 0.1) is 0 Å². The van der Waals surface area contributed by atoms with Gasteiger partial charge < -0.3 is 10.2 Å². The van der Waals surface area contributed by atoms with Crippen LogP contribution in [0, 0.1) is 5.82 Å². The summed E-state index contributed by atoms with van der Waals surface area (Å²) in [6.45, 7) is 4.69. The van der Waals surface area contributed by atoms with Crippen LogP contribution in [0.3, 0.4) is 0 Å². The lowest BCUT2D eigenvalue weighted by atomic mass is 10.1. The molecule has 1 aliphatic rings. The van der Waals surface area contributed by atoms with Crippen LogP contribution < -0.4 is 5.32 Å². The molecule has 1 atom stereocenters. The predicted octanol–water partition coefficient (Wildman–Crippen LogP) is 3.10. The van der Waals surface area contributed by atoms with Gasteiger partial charge in [0, 0.05) is 25.6 Å². The molecule has 1 N–H and O–H groups in total. The summed E-state index contributed by atoms with van der Waals surface area (Å²) in [6.07, 6.45) is 4.90. The molecule has 1 heterocycles. The minimum absolute atomic E-state index is 0.199. The van der Waals surface area contributed by atoms with Gasteiger partial charge in [0.25, 0.3) is 0 Å². The van der Waals surface area contributed by atoms with Crippen molar-refractivity contribution >= 4 is 5.91 Å². The van der Waals surface area contributed by atoms with Crippen LogP contribution in [0.4, 0.5) is 4.39 Å². The molecule has 0 aliphatic carbocycles. The molecule has 0 unspecified atom stereocenters. The third-order valence-electron chi connectivity index (χ3n) is 4.10. The molecule has 1 fully saturated rings. The van der Waals surface area contributed by atoms with Gasteiger partial charge in [0.1, 0.15) is 5.82 Å². The van der Waals surface area contributed by atoms with Crippen LogP contribution in [-0.4, -0.2) is 29.9 Å². The summed E-state index contributed by atoms with van der Waals surface area (Å²) in [5.74, 6) is 0.113. The quantitative estimate of drug-likeness (QED) is 0.747. The SMILES string of the molecule is CCCCN1C(=O)CC[C@@H]1CCNCc1ccc(F)cc1. The van der Waals surface area contributed by atoms with E-state index in [0.29, 0.717) is 18.4 Å². The summed E-state index contributed by atoms with van der Waals surface area (Å²) in [6, 6.07) is 6.96. The van der Waals surface area contributed by atoms with E-state index in [1.54, 1.807) is 12.1 Å². The van der Waals surface area contributed by atoms with Crippen molar-refractivity contribution in [2.75, 3.05) is 13.1 Å². The predicted molar refractivity (Wildman–Crippen MR) is 82.4 cm³/mol. The highest BCUT2D eigenvalue weighted by Gasteiger charge is 2.29. The molecule has 0 spiro atoms. The first-order valence-electron chi connectivity index (χ1n) is 7.95. The van der Waals surface area contributed by atoms with Gasteiger partial charge in [0.15, 0.2) is 0 Å². The molecule has 3 nitrogen and oxygen atoms in total. The number of benzene rings is 1. The molecule has 0 radical (unpaired) electrons. The highest BCUT2D eigenvalue weighted by Crippen LogP contribution is 2.21. The van der Waals surface area contributed by atoms with Crippen LogP contribution >= 0.6 is 0 Å². The van der Waals surface area contributed by atoms with Gasteiger partial charge in [-0.15, -0.1) is 0 Å². The van der Waals surface area contributed by atoms with E-state index in [-0.39, 0.29) is 5.82 Å². The smallest absolute Gasteiger partial charge is 0.222 e. The average molecular weight is 292 g/mol. The molecule has 4 heteroatoms.